The van der Waals surface area contributed by atoms with Crippen LogP contribution in [0.1, 0.15) is 11.1 Å². The number of carbonyl (C=O) groups is 2. The Bertz CT molecular complexity index is 1530. The van der Waals surface area contributed by atoms with E-state index in [1.54, 1.807) is 24.3 Å². The zero-order valence-electron chi connectivity index (χ0n) is 19.3. The molecule has 14 heteroatoms. The van der Waals surface area contributed by atoms with Gasteiger partial charge in [-0.15, -0.1) is 0 Å². The summed E-state index contributed by atoms with van der Waals surface area (Å²) in [4.78, 5) is 47.5. The van der Waals surface area contributed by atoms with Crippen LogP contribution in [0.5, 0.6) is 17.2 Å². The molecule has 0 spiro atoms. The Morgan fingerprint density at radius 3 is 2.32 bits per heavy atom. The van der Waals surface area contributed by atoms with Crippen molar-refractivity contribution < 1.29 is 28.9 Å². The summed E-state index contributed by atoms with van der Waals surface area (Å²) in [7, 11) is 1.35. The molecule has 11 nitrogen and oxygen atoms in total. The summed E-state index contributed by atoms with van der Waals surface area (Å²) in [5.41, 5.74) is 0.0688. The molecule has 1 aliphatic rings. The van der Waals surface area contributed by atoms with Crippen LogP contribution in [0.2, 0.25) is 10.0 Å². The number of imide groups is 1. The molecular formula is C24H15Cl2N3O8S. The van der Waals surface area contributed by atoms with Crippen LogP contribution < -0.4 is 9.47 Å². The van der Waals surface area contributed by atoms with E-state index < -0.39 is 32.4 Å². The van der Waals surface area contributed by atoms with Crippen LogP contribution in [0, 0.1) is 20.2 Å². The van der Waals surface area contributed by atoms with E-state index in [-0.39, 0.29) is 28.7 Å². The highest BCUT2D eigenvalue weighted by Gasteiger charge is 2.35. The molecular weight excluding hydrogens is 561 g/mol. The van der Waals surface area contributed by atoms with E-state index >= 15 is 0 Å². The zero-order valence-corrected chi connectivity index (χ0v) is 21.6. The molecule has 194 valence electrons. The first-order chi connectivity index (χ1) is 18.1. The molecule has 3 aromatic carbocycles. The lowest BCUT2D eigenvalue weighted by atomic mass is 10.1. The number of carbonyl (C=O) groups excluding carboxylic acids is 2. The normalized spacial score (nSPS) is 14.2. The average Bonchev–Trinajstić information content (AvgIpc) is 3.14. The molecule has 0 aromatic heterocycles. The molecule has 1 saturated heterocycles. The molecule has 1 aliphatic heterocycles. The summed E-state index contributed by atoms with van der Waals surface area (Å²) in [6, 6.07) is 12.3. The predicted octanol–water partition coefficient (Wildman–Crippen LogP) is 6.85. The number of nitro benzene ring substituents is 2. The van der Waals surface area contributed by atoms with Gasteiger partial charge in [0.2, 0.25) is 5.75 Å². The van der Waals surface area contributed by atoms with Crippen molar-refractivity contribution in [2.75, 3.05) is 7.11 Å². The minimum absolute atomic E-state index is 0.0169. The number of ether oxygens (including phenoxy) is 2. The zero-order chi connectivity index (χ0) is 27.6. The average molecular weight is 576 g/mol. The third-order valence-corrected chi connectivity index (χ3v) is 6.90. The minimum Gasteiger partial charge on any atom is -0.493 e. The standard InChI is InChI=1S/C24H15Cl2N3O8S/c1-36-21-9-13(3-6-20(21)37-19-7-4-15(28(32)33)11-18(19)29(34)35)10-22-23(30)27(24(31)38-22)12-14-2-5-16(25)17(26)8-14/h2-11H,12H2,1H3/b22-10-. The first kappa shape index (κ1) is 26.9. The first-order valence-electron chi connectivity index (χ1n) is 10.6. The van der Waals surface area contributed by atoms with Gasteiger partial charge in [-0.05, 0) is 59.3 Å². The summed E-state index contributed by atoms with van der Waals surface area (Å²) in [6.07, 6.45) is 1.50. The number of non-ortho nitro benzene ring substituents is 1. The van der Waals surface area contributed by atoms with Crippen molar-refractivity contribution >= 4 is 63.6 Å². The Hall–Kier alpha value is -4.13. The van der Waals surface area contributed by atoms with Gasteiger partial charge in [0.15, 0.2) is 11.5 Å². The first-order valence-corrected chi connectivity index (χ1v) is 12.1. The summed E-state index contributed by atoms with van der Waals surface area (Å²) in [5.74, 6) is -0.460. The molecule has 3 aromatic rings. The smallest absolute Gasteiger partial charge is 0.318 e. The molecule has 0 unspecified atom stereocenters. The van der Waals surface area contributed by atoms with E-state index in [4.69, 9.17) is 32.7 Å². The Morgan fingerprint density at radius 2 is 1.66 bits per heavy atom. The van der Waals surface area contributed by atoms with Crippen molar-refractivity contribution in [3.8, 4) is 17.2 Å². The van der Waals surface area contributed by atoms with Crippen molar-refractivity contribution in [3.63, 3.8) is 0 Å². The van der Waals surface area contributed by atoms with Crippen LogP contribution in [0.4, 0.5) is 16.2 Å². The van der Waals surface area contributed by atoms with Crippen molar-refractivity contribution in [2.45, 2.75) is 6.54 Å². The molecule has 0 aliphatic carbocycles. The number of methoxy groups -OCH3 is 1. The van der Waals surface area contributed by atoms with Crippen LogP contribution in [0.15, 0.2) is 59.5 Å². The fraction of sp³-hybridized carbons (Fsp3) is 0.0833. The highest BCUT2D eigenvalue weighted by molar-refractivity contribution is 8.18. The van der Waals surface area contributed by atoms with Crippen LogP contribution in [-0.4, -0.2) is 33.0 Å². The molecule has 0 atom stereocenters. The molecule has 0 bridgehead atoms. The maximum atomic E-state index is 12.9. The number of nitrogens with zero attached hydrogens (tertiary/aromatic N) is 3. The Labute approximate surface area is 228 Å². The molecule has 4 rings (SSSR count). The quantitative estimate of drug-likeness (QED) is 0.160. The number of benzene rings is 3. The maximum absolute atomic E-state index is 12.9. The molecule has 0 radical (unpaired) electrons. The van der Waals surface area contributed by atoms with Gasteiger partial charge in [0, 0.05) is 6.07 Å². The van der Waals surface area contributed by atoms with Crippen molar-refractivity contribution in [3.05, 3.63) is 101 Å². The molecule has 0 saturated carbocycles. The number of hydrogen-bond acceptors (Lipinski definition) is 9. The third kappa shape index (κ3) is 5.72. The largest absolute Gasteiger partial charge is 0.493 e. The SMILES string of the molecule is COc1cc(/C=C2\SC(=O)N(Cc3ccc(Cl)c(Cl)c3)C2=O)ccc1Oc1ccc([N+](=O)[O-])cc1[N+](=O)[O-]. The Morgan fingerprint density at radius 1 is 0.921 bits per heavy atom. The van der Waals surface area contributed by atoms with Gasteiger partial charge < -0.3 is 9.47 Å². The van der Waals surface area contributed by atoms with E-state index in [1.807, 2.05) is 0 Å². The number of nitro groups is 2. The van der Waals surface area contributed by atoms with Gasteiger partial charge in [0.05, 0.1) is 44.5 Å². The maximum Gasteiger partial charge on any atom is 0.318 e. The van der Waals surface area contributed by atoms with Gasteiger partial charge in [-0.1, -0.05) is 35.3 Å². The summed E-state index contributed by atoms with van der Waals surface area (Å²) in [6.45, 7) is 0.0169. The predicted molar refractivity (Wildman–Crippen MR) is 141 cm³/mol. The lowest BCUT2D eigenvalue weighted by molar-refractivity contribution is -0.394. The number of hydrogen-bond donors (Lipinski definition) is 0. The van der Waals surface area contributed by atoms with Crippen LogP contribution >= 0.6 is 35.0 Å². The molecule has 1 fully saturated rings. The summed E-state index contributed by atoms with van der Waals surface area (Å²) >= 11 is 12.7. The highest BCUT2D eigenvalue weighted by atomic mass is 35.5. The number of thioether (sulfide) groups is 1. The van der Waals surface area contributed by atoms with Gasteiger partial charge in [0.1, 0.15) is 0 Å². The second kappa shape index (κ2) is 11.1. The van der Waals surface area contributed by atoms with Crippen molar-refractivity contribution in [1.29, 1.82) is 0 Å². The molecule has 1 heterocycles. The fourth-order valence-corrected chi connectivity index (χ4v) is 4.59. The van der Waals surface area contributed by atoms with Gasteiger partial charge >= 0.3 is 5.69 Å². The van der Waals surface area contributed by atoms with Crippen molar-refractivity contribution in [1.82, 2.24) is 4.90 Å². The summed E-state index contributed by atoms with van der Waals surface area (Å²) in [5, 5.41) is 22.6. The second-order valence-corrected chi connectivity index (χ2v) is 9.50. The van der Waals surface area contributed by atoms with E-state index in [2.05, 4.69) is 0 Å². The molecule has 2 amide bonds. The topological polar surface area (TPSA) is 142 Å². The van der Waals surface area contributed by atoms with Crippen LogP contribution in [-0.2, 0) is 11.3 Å². The minimum atomic E-state index is -0.794. The van der Waals surface area contributed by atoms with Crippen LogP contribution in [0.3, 0.4) is 0 Å². The molecule has 0 N–H and O–H groups in total. The Kier molecular flexibility index (Phi) is 7.86. The summed E-state index contributed by atoms with van der Waals surface area (Å²) < 4.78 is 11.0. The van der Waals surface area contributed by atoms with Gasteiger partial charge in [-0.2, -0.15) is 0 Å². The second-order valence-electron chi connectivity index (χ2n) is 7.69. The van der Waals surface area contributed by atoms with E-state index in [1.165, 1.54) is 25.3 Å². The van der Waals surface area contributed by atoms with Gasteiger partial charge in [-0.25, -0.2) is 0 Å². The molecule has 38 heavy (non-hydrogen) atoms. The van der Waals surface area contributed by atoms with Gasteiger partial charge in [0.25, 0.3) is 16.8 Å². The van der Waals surface area contributed by atoms with Crippen LogP contribution in [0.25, 0.3) is 6.08 Å². The van der Waals surface area contributed by atoms with E-state index in [9.17, 15) is 29.8 Å². The Balaban J connectivity index is 1.57. The van der Waals surface area contributed by atoms with E-state index in [0.717, 1.165) is 34.9 Å². The number of amides is 2. The monoisotopic (exact) mass is 575 g/mol. The lowest BCUT2D eigenvalue weighted by Crippen LogP contribution is -2.27. The fourth-order valence-electron chi connectivity index (χ4n) is 3.43. The third-order valence-electron chi connectivity index (χ3n) is 5.25. The van der Waals surface area contributed by atoms with E-state index in [0.29, 0.717) is 21.2 Å². The highest BCUT2D eigenvalue weighted by Crippen LogP contribution is 2.40. The van der Waals surface area contributed by atoms with Crippen molar-refractivity contribution in [2.24, 2.45) is 0 Å². The number of rotatable bonds is 8. The van der Waals surface area contributed by atoms with Gasteiger partial charge in [-0.3, -0.25) is 34.7 Å². The number of halogens is 2. The lowest BCUT2D eigenvalue weighted by Gasteiger charge is -2.13.